The van der Waals surface area contributed by atoms with Crippen LogP contribution in [0.5, 0.6) is 0 Å². The maximum atomic E-state index is 12.2. The maximum Gasteiger partial charge on any atom is 0.251 e. The van der Waals surface area contributed by atoms with Crippen molar-refractivity contribution in [2.45, 2.75) is 25.9 Å². The van der Waals surface area contributed by atoms with E-state index in [1.54, 1.807) is 16.9 Å². The van der Waals surface area contributed by atoms with E-state index in [-0.39, 0.29) is 24.6 Å². The number of anilines is 1. The van der Waals surface area contributed by atoms with Crippen LogP contribution in [-0.2, 0) is 9.53 Å². The minimum Gasteiger partial charge on any atom is -0.370 e. The zero-order valence-corrected chi connectivity index (χ0v) is 21.2. The molecule has 7 nitrogen and oxygen atoms in total. The number of ether oxygens (including phenoxy) is 1. The highest BCUT2D eigenvalue weighted by Crippen LogP contribution is 2.30. The molecular formula is C27H34ClN5O2. The van der Waals surface area contributed by atoms with Crippen LogP contribution < -0.4 is 5.32 Å². The Morgan fingerprint density at radius 1 is 1.00 bits per heavy atom. The SMILES string of the molecule is CC(C)n1nccc1NC(=O)COCCN1CCN(C(c2ccccc2)c2ccc(Cl)cc2)CC1. The molecule has 35 heavy (non-hydrogen) atoms. The number of carbonyl (C=O) groups is 1. The second-order valence-electron chi connectivity index (χ2n) is 9.10. The summed E-state index contributed by atoms with van der Waals surface area (Å²) in [5.74, 6) is 0.532. The van der Waals surface area contributed by atoms with Gasteiger partial charge in [-0.05, 0) is 37.1 Å². The van der Waals surface area contributed by atoms with Crippen molar-refractivity contribution < 1.29 is 9.53 Å². The summed E-state index contributed by atoms with van der Waals surface area (Å²) in [6, 6.07) is 21.0. The average molecular weight is 496 g/mol. The summed E-state index contributed by atoms with van der Waals surface area (Å²) >= 11 is 6.14. The summed E-state index contributed by atoms with van der Waals surface area (Å²) in [6.45, 7) is 9.25. The van der Waals surface area contributed by atoms with Gasteiger partial charge in [-0.1, -0.05) is 54.1 Å². The number of aromatic nitrogens is 2. The minimum atomic E-state index is -0.161. The van der Waals surface area contributed by atoms with Crippen LogP contribution in [0.4, 0.5) is 5.82 Å². The van der Waals surface area contributed by atoms with Crippen molar-refractivity contribution in [1.29, 1.82) is 0 Å². The number of carbonyl (C=O) groups excluding carboxylic acids is 1. The van der Waals surface area contributed by atoms with E-state index in [1.165, 1.54) is 11.1 Å². The number of rotatable bonds is 10. The molecule has 2 heterocycles. The van der Waals surface area contributed by atoms with E-state index in [0.717, 1.165) is 37.7 Å². The molecule has 1 aliphatic rings. The summed E-state index contributed by atoms with van der Waals surface area (Å²) < 4.78 is 7.44. The fourth-order valence-corrected chi connectivity index (χ4v) is 4.63. The first-order chi connectivity index (χ1) is 17.0. The van der Waals surface area contributed by atoms with Crippen molar-refractivity contribution in [3.8, 4) is 0 Å². The van der Waals surface area contributed by atoms with Gasteiger partial charge in [0.2, 0.25) is 0 Å². The molecule has 2 aromatic carbocycles. The van der Waals surface area contributed by atoms with Crippen molar-refractivity contribution in [3.05, 3.63) is 83.0 Å². The molecule has 0 bridgehead atoms. The molecule has 0 aliphatic carbocycles. The van der Waals surface area contributed by atoms with E-state index in [1.807, 2.05) is 26.0 Å². The highest BCUT2D eigenvalue weighted by Gasteiger charge is 2.26. The zero-order chi connectivity index (χ0) is 24.6. The molecular weight excluding hydrogens is 462 g/mol. The van der Waals surface area contributed by atoms with Gasteiger partial charge >= 0.3 is 0 Å². The first-order valence-corrected chi connectivity index (χ1v) is 12.6. The molecule has 0 spiro atoms. The maximum absolute atomic E-state index is 12.2. The van der Waals surface area contributed by atoms with Crippen molar-refractivity contribution in [3.63, 3.8) is 0 Å². The lowest BCUT2D eigenvalue weighted by Gasteiger charge is -2.39. The van der Waals surface area contributed by atoms with Crippen molar-refractivity contribution >= 4 is 23.3 Å². The van der Waals surface area contributed by atoms with Gasteiger partial charge < -0.3 is 10.1 Å². The lowest BCUT2D eigenvalue weighted by molar-refractivity contribution is -0.120. The number of hydrogen-bond acceptors (Lipinski definition) is 5. The Morgan fingerprint density at radius 3 is 2.37 bits per heavy atom. The smallest absolute Gasteiger partial charge is 0.251 e. The van der Waals surface area contributed by atoms with Crippen LogP contribution in [0.3, 0.4) is 0 Å². The molecule has 1 amide bonds. The van der Waals surface area contributed by atoms with Gasteiger partial charge in [-0.25, -0.2) is 4.68 Å². The van der Waals surface area contributed by atoms with E-state index in [0.29, 0.717) is 12.4 Å². The van der Waals surface area contributed by atoms with Gasteiger partial charge in [0.1, 0.15) is 12.4 Å². The summed E-state index contributed by atoms with van der Waals surface area (Å²) in [4.78, 5) is 17.2. The largest absolute Gasteiger partial charge is 0.370 e. The minimum absolute atomic E-state index is 0.0376. The number of nitrogens with one attached hydrogen (secondary N) is 1. The highest BCUT2D eigenvalue weighted by atomic mass is 35.5. The van der Waals surface area contributed by atoms with Crippen molar-refractivity contribution in [2.75, 3.05) is 51.3 Å². The molecule has 1 fully saturated rings. The van der Waals surface area contributed by atoms with Crippen LogP contribution in [0.2, 0.25) is 5.02 Å². The Morgan fingerprint density at radius 2 is 1.69 bits per heavy atom. The van der Waals surface area contributed by atoms with Crippen molar-refractivity contribution in [2.24, 2.45) is 0 Å². The van der Waals surface area contributed by atoms with E-state index in [2.05, 4.69) is 62.7 Å². The molecule has 0 radical (unpaired) electrons. The predicted octanol–water partition coefficient (Wildman–Crippen LogP) is 4.48. The highest BCUT2D eigenvalue weighted by molar-refractivity contribution is 6.30. The number of hydrogen-bond donors (Lipinski definition) is 1. The molecule has 1 unspecified atom stereocenters. The van der Waals surface area contributed by atoms with Gasteiger partial charge in [0, 0.05) is 49.9 Å². The molecule has 1 aromatic heterocycles. The second-order valence-corrected chi connectivity index (χ2v) is 9.53. The van der Waals surface area contributed by atoms with Crippen molar-refractivity contribution in [1.82, 2.24) is 19.6 Å². The number of amides is 1. The molecule has 1 atom stereocenters. The normalized spacial score (nSPS) is 15.9. The molecule has 3 aromatic rings. The van der Waals surface area contributed by atoms with Crippen LogP contribution >= 0.6 is 11.6 Å². The molecule has 0 saturated carbocycles. The Hall–Kier alpha value is -2.71. The Bertz CT molecular complexity index is 1060. The van der Waals surface area contributed by atoms with E-state index in [9.17, 15) is 4.79 Å². The molecule has 8 heteroatoms. The summed E-state index contributed by atoms with van der Waals surface area (Å²) in [6.07, 6.45) is 1.69. The van der Waals surface area contributed by atoms with Crippen LogP contribution in [-0.4, -0.2) is 71.4 Å². The lowest BCUT2D eigenvalue weighted by atomic mass is 9.96. The second kappa shape index (κ2) is 12.3. The van der Waals surface area contributed by atoms with Gasteiger partial charge in [-0.3, -0.25) is 14.6 Å². The summed E-state index contributed by atoms with van der Waals surface area (Å²) in [5, 5.41) is 7.86. The van der Waals surface area contributed by atoms with Gasteiger partial charge in [-0.2, -0.15) is 5.10 Å². The average Bonchev–Trinajstić information content (AvgIpc) is 3.33. The van der Waals surface area contributed by atoms with E-state index in [4.69, 9.17) is 16.3 Å². The quantitative estimate of drug-likeness (QED) is 0.420. The topological polar surface area (TPSA) is 62.6 Å². The summed E-state index contributed by atoms with van der Waals surface area (Å²) in [7, 11) is 0. The van der Waals surface area contributed by atoms with Gasteiger partial charge in [0.05, 0.1) is 18.8 Å². The number of nitrogens with zero attached hydrogens (tertiary/aromatic N) is 4. The van der Waals surface area contributed by atoms with Crippen LogP contribution in [0.15, 0.2) is 66.9 Å². The number of piperazine rings is 1. The molecule has 4 rings (SSSR count). The fourth-order valence-electron chi connectivity index (χ4n) is 4.50. The molecule has 1 saturated heterocycles. The Labute approximate surface area is 212 Å². The van der Waals surface area contributed by atoms with Crippen LogP contribution in [0, 0.1) is 0 Å². The molecule has 1 N–H and O–H groups in total. The van der Waals surface area contributed by atoms with E-state index >= 15 is 0 Å². The number of benzene rings is 2. The number of halogens is 1. The lowest BCUT2D eigenvalue weighted by Crippen LogP contribution is -2.48. The monoisotopic (exact) mass is 495 g/mol. The first kappa shape index (κ1) is 25.4. The third-order valence-corrected chi connectivity index (χ3v) is 6.54. The first-order valence-electron chi connectivity index (χ1n) is 12.2. The standard InChI is InChI=1S/C27H34ClN5O2/c1-21(2)33-25(12-13-29-33)30-26(34)20-35-19-18-31-14-16-32(17-15-31)27(22-6-4-3-5-7-22)23-8-10-24(28)11-9-23/h3-13,21,27H,14-20H2,1-2H3,(H,30,34). The van der Waals surface area contributed by atoms with Gasteiger partial charge in [-0.15, -0.1) is 0 Å². The predicted molar refractivity (Wildman–Crippen MR) is 140 cm³/mol. The molecule has 1 aliphatic heterocycles. The molecule has 186 valence electrons. The third-order valence-electron chi connectivity index (χ3n) is 6.29. The summed E-state index contributed by atoms with van der Waals surface area (Å²) in [5.41, 5.74) is 2.54. The fraction of sp³-hybridized carbons (Fsp3) is 0.407. The Kier molecular flexibility index (Phi) is 8.93. The van der Waals surface area contributed by atoms with Crippen LogP contribution in [0.25, 0.3) is 0 Å². The van der Waals surface area contributed by atoms with Gasteiger partial charge in [0.25, 0.3) is 5.91 Å². The van der Waals surface area contributed by atoms with Crippen LogP contribution in [0.1, 0.15) is 37.1 Å². The zero-order valence-electron chi connectivity index (χ0n) is 20.4. The van der Waals surface area contributed by atoms with E-state index < -0.39 is 0 Å². The Balaban J connectivity index is 1.24. The third kappa shape index (κ3) is 6.92. The van der Waals surface area contributed by atoms with Gasteiger partial charge in [0.15, 0.2) is 0 Å².